The quantitative estimate of drug-likeness (QED) is 0.851. The highest BCUT2D eigenvalue weighted by atomic mass is 16.6. The molecule has 0 bridgehead atoms. The van der Waals surface area contributed by atoms with Gasteiger partial charge in [0.1, 0.15) is 13.2 Å². The Bertz CT molecular complexity index is 494. The van der Waals surface area contributed by atoms with E-state index < -0.39 is 0 Å². The molecule has 0 fully saturated rings. The van der Waals surface area contributed by atoms with E-state index in [0.717, 1.165) is 29.4 Å². The van der Waals surface area contributed by atoms with Crippen molar-refractivity contribution in [3.05, 3.63) is 42.2 Å². The van der Waals surface area contributed by atoms with E-state index in [2.05, 4.69) is 10.3 Å². The number of H-pyrrole nitrogens is 1. The van der Waals surface area contributed by atoms with Crippen LogP contribution >= 0.6 is 0 Å². The number of benzene rings is 1. The molecule has 0 radical (unpaired) electrons. The van der Waals surface area contributed by atoms with Crippen molar-refractivity contribution < 1.29 is 9.47 Å². The van der Waals surface area contributed by atoms with Gasteiger partial charge in [0.05, 0.1) is 6.54 Å². The van der Waals surface area contributed by atoms with Gasteiger partial charge in [-0.1, -0.05) is 0 Å². The monoisotopic (exact) mass is 230 g/mol. The third-order valence-electron chi connectivity index (χ3n) is 2.69. The highest BCUT2D eigenvalue weighted by Gasteiger charge is 2.11. The molecular formula is C13H14N2O2. The van der Waals surface area contributed by atoms with Gasteiger partial charge in [0.25, 0.3) is 0 Å². The summed E-state index contributed by atoms with van der Waals surface area (Å²) < 4.78 is 11.0. The van der Waals surface area contributed by atoms with E-state index in [9.17, 15) is 0 Å². The third kappa shape index (κ3) is 2.20. The van der Waals surface area contributed by atoms with Crippen LogP contribution in [0, 0.1) is 0 Å². The summed E-state index contributed by atoms with van der Waals surface area (Å²) in [6.07, 6.45) is 1.92. The zero-order valence-corrected chi connectivity index (χ0v) is 9.40. The lowest BCUT2D eigenvalue weighted by atomic mass is 10.2. The molecule has 1 aliphatic heterocycles. The lowest BCUT2D eigenvalue weighted by molar-refractivity contribution is 0.171. The van der Waals surface area contributed by atoms with Gasteiger partial charge in [0.15, 0.2) is 11.5 Å². The second-order valence-corrected chi connectivity index (χ2v) is 3.91. The molecule has 2 aromatic rings. The first-order valence-corrected chi connectivity index (χ1v) is 5.67. The van der Waals surface area contributed by atoms with Crippen molar-refractivity contribution in [2.75, 3.05) is 18.5 Å². The first-order chi connectivity index (χ1) is 8.42. The van der Waals surface area contributed by atoms with Crippen LogP contribution in [0.4, 0.5) is 5.69 Å². The average molecular weight is 230 g/mol. The molecular weight excluding hydrogens is 216 g/mol. The number of fused-ring (bicyclic) bond motifs is 1. The number of aromatic nitrogens is 1. The summed E-state index contributed by atoms with van der Waals surface area (Å²) in [5.74, 6) is 1.63. The van der Waals surface area contributed by atoms with Crippen molar-refractivity contribution >= 4 is 5.69 Å². The van der Waals surface area contributed by atoms with Gasteiger partial charge in [-0.05, 0) is 24.3 Å². The van der Waals surface area contributed by atoms with Crippen LogP contribution in [0.3, 0.4) is 0 Å². The third-order valence-corrected chi connectivity index (χ3v) is 2.69. The molecule has 0 atom stereocenters. The predicted octanol–water partition coefficient (Wildman–Crippen LogP) is 2.40. The molecule has 4 nitrogen and oxygen atoms in total. The van der Waals surface area contributed by atoms with Gasteiger partial charge in [-0.25, -0.2) is 0 Å². The Morgan fingerprint density at radius 3 is 2.82 bits per heavy atom. The van der Waals surface area contributed by atoms with Crippen molar-refractivity contribution in [2.45, 2.75) is 6.54 Å². The number of hydrogen-bond acceptors (Lipinski definition) is 3. The molecule has 1 aliphatic rings. The van der Waals surface area contributed by atoms with E-state index in [0.29, 0.717) is 13.2 Å². The van der Waals surface area contributed by atoms with Gasteiger partial charge < -0.3 is 19.8 Å². The normalized spacial score (nSPS) is 13.4. The molecule has 2 heterocycles. The summed E-state index contributed by atoms with van der Waals surface area (Å²) >= 11 is 0. The summed E-state index contributed by atoms with van der Waals surface area (Å²) in [5, 5.41) is 3.33. The summed E-state index contributed by atoms with van der Waals surface area (Å²) in [6, 6.07) is 9.94. The van der Waals surface area contributed by atoms with E-state index in [4.69, 9.17) is 9.47 Å². The SMILES string of the molecule is c1c[nH]c(CNc2ccc3c(c2)OCCO3)c1. The average Bonchev–Trinajstić information content (AvgIpc) is 2.89. The largest absolute Gasteiger partial charge is 0.486 e. The molecule has 0 amide bonds. The lowest BCUT2D eigenvalue weighted by Crippen LogP contribution is -2.15. The fourth-order valence-electron chi connectivity index (χ4n) is 1.83. The van der Waals surface area contributed by atoms with Crippen LogP contribution < -0.4 is 14.8 Å². The second kappa shape index (κ2) is 4.41. The first-order valence-electron chi connectivity index (χ1n) is 5.67. The van der Waals surface area contributed by atoms with Gasteiger partial charge >= 0.3 is 0 Å². The van der Waals surface area contributed by atoms with Gasteiger partial charge in [0, 0.05) is 23.6 Å². The Morgan fingerprint density at radius 2 is 2.00 bits per heavy atom. The second-order valence-electron chi connectivity index (χ2n) is 3.91. The highest BCUT2D eigenvalue weighted by molar-refractivity contribution is 5.55. The molecule has 88 valence electrons. The molecule has 0 unspecified atom stereocenters. The zero-order chi connectivity index (χ0) is 11.5. The Kier molecular flexibility index (Phi) is 2.62. The number of aromatic amines is 1. The van der Waals surface area contributed by atoms with Crippen molar-refractivity contribution in [3.63, 3.8) is 0 Å². The molecule has 0 saturated carbocycles. The molecule has 1 aromatic heterocycles. The summed E-state index contributed by atoms with van der Waals surface area (Å²) in [4.78, 5) is 3.15. The van der Waals surface area contributed by atoms with Crippen LogP contribution in [0.15, 0.2) is 36.5 Å². The van der Waals surface area contributed by atoms with E-state index in [1.807, 2.05) is 36.5 Å². The Balaban J connectivity index is 1.71. The zero-order valence-electron chi connectivity index (χ0n) is 9.40. The number of hydrogen-bond donors (Lipinski definition) is 2. The smallest absolute Gasteiger partial charge is 0.163 e. The summed E-state index contributed by atoms with van der Waals surface area (Å²) in [6.45, 7) is 2.02. The van der Waals surface area contributed by atoms with Crippen molar-refractivity contribution in [1.82, 2.24) is 4.98 Å². The number of anilines is 1. The number of ether oxygens (including phenoxy) is 2. The Labute approximate surface area is 99.6 Å². The van der Waals surface area contributed by atoms with E-state index in [1.54, 1.807) is 0 Å². The number of rotatable bonds is 3. The minimum atomic E-state index is 0.618. The van der Waals surface area contributed by atoms with Crippen molar-refractivity contribution in [1.29, 1.82) is 0 Å². The van der Waals surface area contributed by atoms with Crippen LogP contribution in [0.1, 0.15) is 5.69 Å². The molecule has 0 aliphatic carbocycles. The fraction of sp³-hybridized carbons (Fsp3) is 0.231. The minimum absolute atomic E-state index is 0.618. The maximum atomic E-state index is 5.53. The van der Waals surface area contributed by atoms with Crippen LogP contribution in [0.25, 0.3) is 0 Å². The molecule has 0 saturated heterocycles. The van der Waals surface area contributed by atoms with E-state index in [-0.39, 0.29) is 0 Å². The van der Waals surface area contributed by atoms with Crippen molar-refractivity contribution in [3.8, 4) is 11.5 Å². The van der Waals surface area contributed by atoms with Gasteiger partial charge in [0.2, 0.25) is 0 Å². The molecule has 2 N–H and O–H groups in total. The summed E-state index contributed by atoms with van der Waals surface area (Å²) in [5.41, 5.74) is 2.18. The van der Waals surface area contributed by atoms with E-state index >= 15 is 0 Å². The van der Waals surface area contributed by atoms with Crippen LogP contribution in [-0.2, 0) is 6.54 Å². The predicted molar refractivity (Wildman–Crippen MR) is 65.6 cm³/mol. The summed E-state index contributed by atoms with van der Waals surface area (Å²) in [7, 11) is 0. The Hall–Kier alpha value is -2.10. The van der Waals surface area contributed by atoms with Crippen LogP contribution in [0.2, 0.25) is 0 Å². The van der Waals surface area contributed by atoms with Gasteiger partial charge in [-0.3, -0.25) is 0 Å². The lowest BCUT2D eigenvalue weighted by Gasteiger charge is -2.19. The maximum absolute atomic E-state index is 5.53. The minimum Gasteiger partial charge on any atom is -0.486 e. The van der Waals surface area contributed by atoms with Gasteiger partial charge in [-0.2, -0.15) is 0 Å². The molecule has 1 aromatic carbocycles. The van der Waals surface area contributed by atoms with Gasteiger partial charge in [-0.15, -0.1) is 0 Å². The van der Waals surface area contributed by atoms with Crippen LogP contribution in [0.5, 0.6) is 11.5 Å². The molecule has 4 heteroatoms. The first kappa shape index (κ1) is 10.1. The van der Waals surface area contributed by atoms with E-state index in [1.165, 1.54) is 0 Å². The topological polar surface area (TPSA) is 46.3 Å². The molecule has 3 rings (SSSR count). The molecule has 0 spiro atoms. The standard InChI is InChI=1S/C13H14N2O2/c1-2-11(14-5-1)9-15-10-3-4-12-13(8-10)17-7-6-16-12/h1-5,8,14-15H,6-7,9H2. The van der Waals surface area contributed by atoms with Crippen molar-refractivity contribution in [2.24, 2.45) is 0 Å². The molecule has 17 heavy (non-hydrogen) atoms. The Morgan fingerprint density at radius 1 is 1.12 bits per heavy atom. The number of nitrogens with one attached hydrogen (secondary N) is 2. The fourth-order valence-corrected chi connectivity index (χ4v) is 1.83. The van der Waals surface area contributed by atoms with Crippen LogP contribution in [-0.4, -0.2) is 18.2 Å². The highest BCUT2D eigenvalue weighted by Crippen LogP contribution is 2.32. The maximum Gasteiger partial charge on any atom is 0.163 e.